The van der Waals surface area contributed by atoms with E-state index >= 15 is 0 Å². The Morgan fingerprint density at radius 3 is 2.31 bits per heavy atom. The smallest absolute Gasteiger partial charge is 0.373 e. The van der Waals surface area contributed by atoms with E-state index in [9.17, 15) is 0 Å². The fourth-order valence-electron chi connectivity index (χ4n) is 1.39. The fourth-order valence-corrected chi connectivity index (χ4v) is 3.32. The van der Waals surface area contributed by atoms with Crippen LogP contribution in [-0.2, 0) is 4.74 Å². The highest BCUT2D eigenvalue weighted by atomic mass is 127. The molecule has 1 atom stereocenters. The Bertz CT molecular complexity index is 123. The van der Waals surface area contributed by atoms with E-state index in [1.54, 1.807) is 0 Å². The average molecular weight is 308 g/mol. The second-order valence-corrected chi connectivity index (χ2v) is 8.79. The molecule has 76 valence electrons. The van der Waals surface area contributed by atoms with Gasteiger partial charge in [0.15, 0.2) is 0 Å². The first-order valence-electron chi connectivity index (χ1n) is 5.23. The van der Waals surface area contributed by atoms with Gasteiger partial charge in [-0.25, -0.2) is 0 Å². The van der Waals surface area contributed by atoms with Crippen molar-refractivity contribution in [2.45, 2.75) is 63.2 Å². The van der Waals surface area contributed by atoms with E-state index in [0.717, 1.165) is 0 Å². The summed E-state index contributed by atoms with van der Waals surface area (Å²) in [7, 11) is 0. The molecule has 0 saturated heterocycles. The predicted molar refractivity (Wildman–Crippen MR) is 68.7 cm³/mol. The Morgan fingerprint density at radius 2 is 1.92 bits per heavy atom. The van der Waals surface area contributed by atoms with Crippen LogP contribution in [0.5, 0.6) is 0 Å². The van der Waals surface area contributed by atoms with Crippen molar-refractivity contribution >= 4 is 35.3 Å². The van der Waals surface area contributed by atoms with Crippen LogP contribution in [-0.4, -0.2) is 28.2 Å². The van der Waals surface area contributed by atoms with Crippen LogP contribution in [0.25, 0.3) is 0 Å². The van der Waals surface area contributed by atoms with Gasteiger partial charge in [-0.15, -0.1) is 4.55 Å². The molecule has 3 heteroatoms. The highest BCUT2D eigenvalue weighted by molar-refractivity contribution is 14.1. The molecule has 0 bridgehead atoms. The Morgan fingerprint density at radius 1 is 1.31 bits per heavy atom. The second kappa shape index (κ2) is 7.71. The van der Waals surface area contributed by atoms with Crippen molar-refractivity contribution in [3.05, 3.63) is 0 Å². The summed E-state index contributed by atoms with van der Waals surface area (Å²) in [6, 6.07) is 0. The Balaban J connectivity index is 3.79. The SMILES string of the molecule is CCCC(C[CH2][Mg][I])OC(C)(C)C. The number of ether oxygens (including phenoxy) is 1. The number of halogens is 1. The normalized spacial score (nSPS) is 13.9. The summed E-state index contributed by atoms with van der Waals surface area (Å²) in [5.74, 6) is 0. The Kier molecular flexibility index (Phi) is 8.57. The summed E-state index contributed by atoms with van der Waals surface area (Å²) in [6.45, 7) is 8.69. The number of hydrogen-bond donors (Lipinski definition) is 0. The van der Waals surface area contributed by atoms with Gasteiger partial charge >= 0.3 is 16.5 Å². The summed E-state index contributed by atoms with van der Waals surface area (Å²) >= 11 is 2.76. The first-order valence-corrected chi connectivity index (χ1v) is 11.3. The molecular weight excluding hydrogens is 287 g/mol. The minimum Gasteiger partial charge on any atom is -0.373 e. The van der Waals surface area contributed by atoms with E-state index < -0.39 is 0 Å². The molecule has 0 radical (unpaired) electrons. The third kappa shape index (κ3) is 9.75. The molecule has 0 fully saturated rings. The van der Waals surface area contributed by atoms with Gasteiger partial charge in [0.25, 0.3) is 0 Å². The minimum absolute atomic E-state index is 0.0344. The minimum atomic E-state index is 0.0344. The zero-order valence-electron chi connectivity index (χ0n) is 9.40. The topological polar surface area (TPSA) is 9.23 Å². The van der Waals surface area contributed by atoms with Crippen molar-refractivity contribution in [1.29, 1.82) is 0 Å². The third-order valence-corrected chi connectivity index (χ3v) is 4.75. The summed E-state index contributed by atoms with van der Waals surface area (Å²) in [5, 5.41) is 0. The van der Waals surface area contributed by atoms with E-state index in [1.807, 2.05) is 0 Å². The molecule has 0 saturated carbocycles. The molecule has 0 aliphatic rings. The molecule has 0 amide bonds. The van der Waals surface area contributed by atoms with Crippen LogP contribution in [0, 0.1) is 0 Å². The number of hydrogen-bond acceptors (Lipinski definition) is 1. The van der Waals surface area contributed by atoms with E-state index in [0.29, 0.717) is 6.10 Å². The van der Waals surface area contributed by atoms with Crippen LogP contribution in [0.2, 0.25) is 4.55 Å². The van der Waals surface area contributed by atoms with E-state index in [4.69, 9.17) is 4.74 Å². The predicted octanol–water partition coefficient (Wildman–Crippen LogP) is 3.83. The lowest BCUT2D eigenvalue weighted by Gasteiger charge is -2.27. The van der Waals surface area contributed by atoms with Crippen molar-refractivity contribution in [3.8, 4) is 0 Å². The van der Waals surface area contributed by atoms with Crippen LogP contribution in [0.3, 0.4) is 0 Å². The zero-order chi connectivity index (χ0) is 10.3. The molecule has 1 nitrogen and oxygen atoms in total. The van der Waals surface area contributed by atoms with Crippen molar-refractivity contribution in [3.63, 3.8) is 0 Å². The van der Waals surface area contributed by atoms with Crippen molar-refractivity contribution in [1.82, 2.24) is 0 Å². The maximum absolute atomic E-state index is 6.00. The van der Waals surface area contributed by atoms with Gasteiger partial charge in [0, 0.05) is 0 Å². The molecule has 0 N–H and O–H groups in total. The van der Waals surface area contributed by atoms with E-state index in [-0.39, 0.29) is 22.1 Å². The average Bonchev–Trinajstić information content (AvgIpc) is 1.98. The molecule has 0 aromatic heterocycles. The molecule has 13 heavy (non-hydrogen) atoms. The quantitative estimate of drug-likeness (QED) is 0.535. The summed E-state index contributed by atoms with van der Waals surface area (Å²) in [5.41, 5.74) is 0.0344. The van der Waals surface area contributed by atoms with Gasteiger partial charge < -0.3 is 23.6 Å². The highest BCUT2D eigenvalue weighted by Crippen LogP contribution is 2.18. The third-order valence-electron chi connectivity index (χ3n) is 1.79. The highest BCUT2D eigenvalue weighted by Gasteiger charge is 2.17. The van der Waals surface area contributed by atoms with Gasteiger partial charge in [-0.3, -0.25) is 0 Å². The number of rotatable bonds is 6. The molecule has 0 aromatic carbocycles. The maximum Gasteiger partial charge on any atom is 0.464 e. The lowest BCUT2D eigenvalue weighted by atomic mass is 10.1. The van der Waals surface area contributed by atoms with Gasteiger partial charge in [-0.2, -0.15) is 0 Å². The summed E-state index contributed by atoms with van der Waals surface area (Å²) in [6.07, 6.45) is 4.25. The van der Waals surface area contributed by atoms with Gasteiger partial charge in [-0.1, -0.05) is 13.3 Å². The maximum atomic E-state index is 6.00. The van der Waals surface area contributed by atoms with Gasteiger partial charge in [0.1, 0.15) is 0 Å². The Labute approximate surface area is 102 Å². The monoisotopic (exact) mass is 308 g/mol. The fraction of sp³-hybridized carbons (Fsp3) is 1.00. The molecule has 0 spiro atoms. The van der Waals surface area contributed by atoms with Crippen LogP contribution < -0.4 is 0 Å². The van der Waals surface area contributed by atoms with Gasteiger partial charge in [-0.05, 0) is 33.6 Å². The van der Waals surface area contributed by atoms with Crippen molar-refractivity contribution < 1.29 is 4.74 Å². The van der Waals surface area contributed by atoms with E-state index in [1.165, 1.54) is 23.8 Å². The van der Waals surface area contributed by atoms with Crippen LogP contribution in [0.15, 0.2) is 0 Å². The van der Waals surface area contributed by atoms with Gasteiger partial charge in [0.05, 0.1) is 11.7 Å². The largest absolute Gasteiger partial charge is 0.464 e. The molecule has 0 heterocycles. The van der Waals surface area contributed by atoms with Crippen LogP contribution >= 0.6 is 18.9 Å². The summed E-state index contributed by atoms with van der Waals surface area (Å²) in [4.78, 5) is 0. The molecule has 0 aliphatic heterocycles. The van der Waals surface area contributed by atoms with Crippen molar-refractivity contribution in [2.75, 3.05) is 0 Å². The molecular formula is C10H21IMgO. The van der Waals surface area contributed by atoms with Crippen molar-refractivity contribution in [2.24, 2.45) is 0 Å². The lowest BCUT2D eigenvalue weighted by molar-refractivity contribution is -0.0642. The summed E-state index contributed by atoms with van der Waals surface area (Å²) < 4.78 is 7.42. The van der Waals surface area contributed by atoms with E-state index in [2.05, 4.69) is 46.5 Å². The van der Waals surface area contributed by atoms with Crippen LogP contribution in [0.4, 0.5) is 0 Å². The second-order valence-electron chi connectivity index (χ2n) is 4.47. The molecule has 0 aromatic rings. The molecule has 0 aliphatic carbocycles. The molecule has 1 unspecified atom stereocenters. The standard InChI is InChI=1S/C10H21O.HI.Mg/c1-6-8-9(7-2)11-10(3,4)5;;/h9H,2,6-8H2,1,3-5H3;1H;/q;;+1/p-1. The molecule has 0 rings (SSSR count). The first kappa shape index (κ1) is 14.5. The van der Waals surface area contributed by atoms with Gasteiger partial charge in [0.2, 0.25) is 0 Å². The first-order chi connectivity index (χ1) is 5.99. The zero-order valence-corrected chi connectivity index (χ0v) is 13.0. The Hall–Kier alpha value is 1.46. The lowest BCUT2D eigenvalue weighted by Crippen LogP contribution is -2.27. The van der Waals surface area contributed by atoms with Crippen LogP contribution in [0.1, 0.15) is 47.0 Å².